The number of aromatic nitrogens is 1. The van der Waals surface area contributed by atoms with Crippen LogP contribution in [0.1, 0.15) is 46.0 Å². The van der Waals surface area contributed by atoms with E-state index >= 15 is 0 Å². The molecule has 1 aromatic carbocycles. The van der Waals surface area contributed by atoms with Crippen molar-refractivity contribution in [1.82, 2.24) is 10.3 Å². The molecular formula is C18H26N2S. The van der Waals surface area contributed by atoms with Gasteiger partial charge in [0.05, 0.1) is 5.69 Å². The lowest BCUT2D eigenvalue weighted by Gasteiger charge is -2.33. The molecule has 0 aliphatic rings. The van der Waals surface area contributed by atoms with Gasteiger partial charge in [0, 0.05) is 23.0 Å². The largest absolute Gasteiger partial charge is 0.305 e. The molecule has 0 saturated heterocycles. The number of nitrogens with one attached hydrogen (secondary N) is 1. The standard InChI is InChI=1S/C18H26N2S/c1-17(2,3)13-18(4,5)19-11-16-20-15(12-21-16)14-9-7-6-8-10-14/h6-10,12,19H,11,13H2,1-5H3. The van der Waals surface area contributed by atoms with Gasteiger partial charge in [-0.3, -0.25) is 0 Å². The van der Waals surface area contributed by atoms with Crippen molar-refractivity contribution in [2.75, 3.05) is 0 Å². The predicted molar refractivity (Wildman–Crippen MR) is 92.5 cm³/mol. The third kappa shape index (κ3) is 5.25. The summed E-state index contributed by atoms with van der Waals surface area (Å²) in [5.41, 5.74) is 2.71. The number of benzene rings is 1. The first-order chi connectivity index (χ1) is 9.75. The van der Waals surface area contributed by atoms with Crippen LogP contribution in [0.5, 0.6) is 0 Å². The topological polar surface area (TPSA) is 24.9 Å². The zero-order valence-electron chi connectivity index (χ0n) is 13.7. The summed E-state index contributed by atoms with van der Waals surface area (Å²) in [6.45, 7) is 12.2. The lowest BCUT2D eigenvalue weighted by molar-refractivity contribution is 0.240. The zero-order chi connectivity index (χ0) is 15.5. The summed E-state index contributed by atoms with van der Waals surface area (Å²) in [7, 11) is 0. The highest BCUT2D eigenvalue weighted by Crippen LogP contribution is 2.27. The van der Waals surface area contributed by atoms with Gasteiger partial charge in [-0.05, 0) is 25.7 Å². The van der Waals surface area contributed by atoms with Crippen LogP contribution in [-0.4, -0.2) is 10.5 Å². The van der Waals surface area contributed by atoms with Crippen LogP contribution in [0.4, 0.5) is 0 Å². The van der Waals surface area contributed by atoms with Crippen molar-refractivity contribution in [2.45, 2.75) is 53.1 Å². The van der Waals surface area contributed by atoms with E-state index in [2.05, 4.69) is 69.6 Å². The molecule has 2 nitrogen and oxygen atoms in total. The minimum Gasteiger partial charge on any atom is -0.305 e. The molecule has 0 fully saturated rings. The van der Waals surface area contributed by atoms with Crippen LogP contribution in [0, 0.1) is 5.41 Å². The Kier molecular flexibility index (Phi) is 4.84. The van der Waals surface area contributed by atoms with Crippen molar-refractivity contribution in [3.8, 4) is 11.3 Å². The van der Waals surface area contributed by atoms with E-state index in [0.717, 1.165) is 23.7 Å². The molecule has 0 atom stereocenters. The van der Waals surface area contributed by atoms with Gasteiger partial charge in [-0.1, -0.05) is 51.1 Å². The van der Waals surface area contributed by atoms with Gasteiger partial charge in [0.1, 0.15) is 5.01 Å². The Morgan fingerprint density at radius 2 is 1.71 bits per heavy atom. The molecule has 0 aliphatic heterocycles. The highest BCUT2D eigenvalue weighted by atomic mass is 32.1. The van der Waals surface area contributed by atoms with E-state index in [1.807, 2.05) is 6.07 Å². The molecule has 0 radical (unpaired) electrons. The van der Waals surface area contributed by atoms with Gasteiger partial charge in [0.15, 0.2) is 0 Å². The van der Waals surface area contributed by atoms with Crippen LogP contribution in [0.25, 0.3) is 11.3 Å². The fourth-order valence-electron chi connectivity index (χ4n) is 2.84. The van der Waals surface area contributed by atoms with E-state index in [1.165, 1.54) is 5.56 Å². The molecule has 0 saturated carbocycles. The van der Waals surface area contributed by atoms with Gasteiger partial charge in [-0.25, -0.2) is 4.98 Å². The third-order valence-corrected chi connectivity index (χ3v) is 4.16. The Labute approximate surface area is 132 Å². The quantitative estimate of drug-likeness (QED) is 0.829. The highest BCUT2D eigenvalue weighted by molar-refractivity contribution is 7.09. The molecule has 1 aromatic heterocycles. The fourth-order valence-corrected chi connectivity index (χ4v) is 3.58. The number of nitrogens with zero attached hydrogens (tertiary/aromatic N) is 1. The van der Waals surface area contributed by atoms with E-state index < -0.39 is 0 Å². The Balaban J connectivity index is 1.97. The number of thiazole rings is 1. The molecule has 0 bridgehead atoms. The van der Waals surface area contributed by atoms with Crippen molar-refractivity contribution >= 4 is 11.3 Å². The molecule has 1 heterocycles. The minimum atomic E-state index is 0.122. The van der Waals surface area contributed by atoms with E-state index in [-0.39, 0.29) is 5.54 Å². The summed E-state index contributed by atoms with van der Waals surface area (Å²) in [5, 5.41) is 6.94. The summed E-state index contributed by atoms with van der Waals surface area (Å²) in [5.74, 6) is 0. The molecule has 0 amide bonds. The van der Waals surface area contributed by atoms with Crippen molar-refractivity contribution in [2.24, 2.45) is 5.41 Å². The molecule has 3 heteroatoms. The van der Waals surface area contributed by atoms with Crippen LogP contribution in [0.15, 0.2) is 35.7 Å². The van der Waals surface area contributed by atoms with Gasteiger partial charge in [0.25, 0.3) is 0 Å². The molecule has 0 unspecified atom stereocenters. The predicted octanol–water partition coefficient (Wildman–Crippen LogP) is 5.11. The maximum absolute atomic E-state index is 4.74. The second kappa shape index (κ2) is 6.29. The summed E-state index contributed by atoms with van der Waals surface area (Å²) in [6.07, 6.45) is 1.14. The molecule has 0 aliphatic carbocycles. The van der Waals surface area contributed by atoms with Crippen LogP contribution in [0.3, 0.4) is 0 Å². The first-order valence-corrected chi connectivity index (χ1v) is 8.38. The molecule has 0 spiro atoms. The average Bonchev–Trinajstić information content (AvgIpc) is 2.84. The van der Waals surface area contributed by atoms with Crippen molar-refractivity contribution in [3.63, 3.8) is 0 Å². The first kappa shape index (κ1) is 16.2. The van der Waals surface area contributed by atoms with Gasteiger partial charge in [-0.15, -0.1) is 11.3 Å². The molecule has 114 valence electrons. The second-order valence-electron chi connectivity index (χ2n) is 7.47. The lowest BCUT2D eigenvalue weighted by Crippen LogP contribution is -2.41. The van der Waals surface area contributed by atoms with Gasteiger partial charge in [0.2, 0.25) is 0 Å². The third-order valence-electron chi connectivity index (χ3n) is 3.31. The molecule has 1 N–H and O–H groups in total. The number of hydrogen-bond donors (Lipinski definition) is 1. The maximum atomic E-state index is 4.74. The molecule has 21 heavy (non-hydrogen) atoms. The monoisotopic (exact) mass is 302 g/mol. The van der Waals surface area contributed by atoms with Gasteiger partial charge < -0.3 is 5.32 Å². The minimum absolute atomic E-state index is 0.122. The number of hydrogen-bond acceptors (Lipinski definition) is 3. The van der Waals surface area contributed by atoms with E-state index in [1.54, 1.807) is 11.3 Å². The Morgan fingerprint density at radius 3 is 2.33 bits per heavy atom. The maximum Gasteiger partial charge on any atom is 0.107 e. The van der Waals surface area contributed by atoms with Crippen LogP contribution >= 0.6 is 11.3 Å². The van der Waals surface area contributed by atoms with Crippen LogP contribution in [-0.2, 0) is 6.54 Å². The van der Waals surface area contributed by atoms with Gasteiger partial charge >= 0.3 is 0 Å². The summed E-state index contributed by atoms with van der Waals surface area (Å²) in [6, 6.07) is 10.4. The van der Waals surface area contributed by atoms with Gasteiger partial charge in [-0.2, -0.15) is 0 Å². The zero-order valence-corrected chi connectivity index (χ0v) is 14.6. The molecule has 2 rings (SSSR count). The van der Waals surface area contributed by atoms with Crippen LogP contribution in [0.2, 0.25) is 0 Å². The smallest absolute Gasteiger partial charge is 0.107 e. The second-order valence-corrected chi connectivity index (χ2v) is 8.41. The number of rotatable bonds is 5. The SMILES string of the molecule is CC(C)(C)CC(C)(C)NCc1nc(-c2ccccc2)cs1. The van der Waals surface area contributed by atoms with Crippen molar-refractivity contribution < 1.29 is 0 Å². The summed E-state index contributed by atoms with van der Waals surface area (Å²) >= 11 is 1.73. The average molecular weight is 302 g/mol. The Morgan fingerprint density at radius 1 is 1.05 bits per heavy atom. The fraction of sp³-hybridized carbons (Fsp3) is 0.500. The molecular weight excluding hydrogens is 276 g/mol. The Hall–Kier alpha value is -1.19. The van der Waals surface area contributed by atoms with E-state index in [0.29, 0.717) is 5.41 Å². The molecule has 2 aromatic rings. The van der Waals surface area contributed by atoms with Crippen molar-refractivity contribution in [3.05, 3.63) is 40.7 Å². The van der Waals surface area contributed by atoms with E-state index in [9.17, 15) is 0 Å². The first-order valence-electron chi connectivity index (χ1n) is 7.50. The van der Waals surface area contributed by atoms with E-state index in [4.69, 9.17) is 4.98 Å². The summed E-state index contributed by atoms with van der Waals surface area (Å²) < 4.78 is 0. The highest BCUT2D eigenvalue weighted by Gasteiger charge is 2.25. The summed E-state index contributed by atoms with van der Waals surface area (Å²) in [4.78, 5) is 4.74. The Bertz CT molecular complexity index is 564. The van der Waals surface area contributed by atoms with Crippen LogP contribution < -0.4 is 5.32 Å². The lowest BCUT2D eigenvalue weighted by atomic mass is 9.82. The van der Waals surface area contributed by atoms with Crippen molar-refractivity contribution in [1.29, 1.82) is 0 Å². The normalized spacial score (nSPS) is 12.6.